The number of hydrogen-bond donors (Lipinski definition) is 1. The van der Waals surface area contributed by atoms with Gasteiger partial charge in [0.1, 0.15) is 17.0 Å². The summed E-state index contributed by atoms with van der Waals surface area (Å²) in [6, 6.07) is 6.52. The number of nitrogens with one attached hydrogen (secondary N) is 1. The fourth-order valence-corrected chi connectivity index (χ4v) is 4.77. The largest absolute Gasteiger partial charge is 0.466 e. The zero-order valence-corrected chi connectivity index (χ0v) is 17.6. The molecule has 6 rings (SSSR count). The molecule has 10 heteroatoms. The average molecular weight is 449 g/mol. The van der Waals surface area contributed by atoms with Crippen molar-refractivity contribution in [2.75, 3.05) is 24.6 Å². The second-order valence-electron chi connectivity index (χ2n) is 8.36. The number of aromatic amines is 1. The fraction of sp³-hybridized carbons (Fsp3) is 0.304. The van der Waals surface area contributed by atoms with E-state index in [0.29, 0.717) is 34.2 Å². The molecule has 0 saturated carbocycles. The van der Waals surface area contributed by atoms with E-state index in [1.54, 1.807) is 23.2 Å². The quantitative estimate of drug-likeness (QED) is 0.513. The number of fused-ring (bicyclic) bond motifs is 4. The van der Waals surface area contributed by atoms with Crippen LogP contribution in [0, 0.1) is 5.82 Å². The Labute approximate surface area is 186 Å². The number of ether oxygens (including phenoxy) is 1. The highest BCUT2D eigenvalue weighted by Gasteiger charge is 2.35. The second kappa shape index (κ2) is 7.66. The van der Waals surface area contributed by atoms with Crippen molar-refractivity contribution in [1.29, 1.82) is 0 Å². The smallest absolute Gasteiger partial charge is 0.345 e. The van der Waals surface area contributed by atoms with E-state index in [2.05, 4.69) is 19.9 Å². The van der Waals surface area contributed by atoms with Crippen molar-refractivity contribution in [3.05, 3.63) is 58.6 Å². The summed E-state index contributed by atoms with van der Waals surface area (Å²) >= 11 is 0. The molecule has 4 aromatic rings. The lowest BCUT2D eigenvalue weighted by Crippen LogP contribution is -2.50. The fourth-order valence-electron chi connectivity index (χ4n) is 4.77. The van der Waals surface area contributed by atoms with Gasteiger partial charge in [-0.2, -0.15) is 0 Å². The number of nitrogens with zero attached hydrogens (tertiary/aromatic N) is 4. The molecule has 1 saturated heterocycles. The topological polar surface area (TPSA) is 105 Å². The van der Waals surface area contributed by atoms with Gasteiger partial charge in [-0.05, 0) is 31.0 Å². The Morgan fingerprint density at radius 1 is 1.18 bits per heavy atom. The van der Waals surface area contributed by atoms with Gasteiger partial charge in [-0.15, -0.1) is 0 Å². The maximum atomic E-state index is 13.8. The molecule has 168 valence electrons. The molecule has 9 nitrogen and oxygen atoms in total. The lowest BCUT2D eigenvalue weighted by molar-refractivity contribution is -0.122. The molecule has 0 bridgehead atoms. The first kappa shape index (κ1) is 19.9. The van der Waals surface area contributed by atoms with Crippen LogP contribution in [0.1, 0.15) is 18.5 Å². The number of anilines is 1. The summed E-state index contributed by atoms with van der Waals surface area (Å²) in [5.41, 5.74) is 2.65. The predicted octanol–water partition coefficient (Wildman–Crippen LogP) is 2.59. The van der Waals surface area contributed by atoms with Gasteiger partial charge in [0.05, 0.1) is 17.1 Å². The third-order valence-electron chi connectivity index (χ3n) is 6.28. The summed E-state index contributed by atoms with van der Waals surface area (Å²) in [6.45, 7) is 2.02. The first-order chi connectivity index (χ1) is 16.1. The van der Waals surface area contributed by atoms with E-state index >= 15 is 0 Å². The van der Waals surface area contributed by atoms with E-state index in [4.69, 9.17) is 9.15 Å². The van der Waals surface area contributed by atoms with Crippen molar-refractivity contribution < 1.29 is 18.3 Å². The van der Waals surface area contributed by atoms with E-state index < -0.39 is 11.4 Å². The van der Waals surface area contributed by atoms with Gasteiger partial charge in [-0.25, -0.2) is 14.2 Å². The summed E-state index contributed by atoms with van der Waals surface area (Å²) in [6.07, 6.45) is 4.22. The predicted molar refractivity (Wildman–Crippen MR) is 118 cm³/mol. The van der Waals surface area contributed by atoms with Crippen LogP contribution in [0.5, 0.6) is 5.88 Å². The maximum absolute atomic E-state index is 13.8. The van der Waals surface area contributed by atoms with Crippen LogP contribution in [0.4, 0.5) is 10.1 Å². The van der Waals surface area contributed by atoms with E-state index in [9.17, 15) is 14.0 Å². The first-order valence-electron chi connectivity index (χ1n) is 10.8. The molecular formula is C23H20FN5O4. The molecule has 1 amide bonds. The summed E-state index contributed by atoms with van der Waals surface area (Å²) < 4.78 is 24.5. The third kappa shape index (κ3) is 3.43. The number of pyridine rings is 2. The molecule has 0 aliphatic carbocycles. The van der Waals surface area contributed by atoms with Crippen LogP contribution in [0.3, 0.4) is 0 Å². The molecule has 1 N–H and O–H groups in total. The molecule has 0 aromatic carbocycles. The molecule has 0 radical (unpaired) electrons. The number of amides is 1. The Kier molecular flexibility index (Phi) is 4.61. The molecule has 0 spiro atoms. The van der Waals surface area contributed by atoms with Crippen molar-refractivity contribution in [1.82, 2.24) is 19.9 Å². The van der Waals surface area contributed by atoms with Crippen molar-refractivity contribution in [2.45, 2.75) is 25.4 Å². The maximum Gasteiger partial charge on any atom is 0.345 e. The number of carbonyl (C=O) groups excluding carboxylic acids is 1. The molecular weight excluding hydrogens is 429 g/mol. The molecule has 2 aliphatic heterocycles. The van der Waals surface area contributed by atoms with Crippen molar-refractivity contribution in [3.63, 3.8) is 0 Å². The number of H-pyrrole nitrogens is 1. The number of likely N-dealkylation sites (tertiary alicyclic amines) is 1. The van der Waals surface area contributed by atoms with Crippen molar-refractivity contribution >= 4 is 33.6 Å². The number of aromatic nitrogens is 3. The Balaban J connectivity index is 1.20. The van der Waals surface area contributed by atoms with Gasteiger partial charge in [-0.1, -0.05) is 0 Å². The highest BCUT2D eigenvalue weighted by atomic mass is 19.1. The van der Waals surface area contributed by atoms with Gasteiger partial charge in [0.25, 0.3) is 5.91 Å². The van der Waals surface area contributed by atoms with Crippen LogP contribution < -0.4 is 15.3 Å². The molecule has 6 heterocycles. The number of halogens is 1. The Morgan fingerprint density at radius 2 is 2.03 bits per heavy atom. The van der Waals surface area contributed by atoms with E-state index in [1.165, 1.54) is 6.07 Å². The van der Waals surface area contributed by atoms with Gasteiger partial charge in [0.2, 0.25) is 5.88 Å². The van der Waals surface area contributed by atoms with Crippen LogP contribution >= 0.6 is 0 Å². The third-order valence-corrected chi connectivity index (χ3v) is 6.28. The molecule has 2 aliphatic rings. The molecule has 0 unspecified atom stereocenters. The minimum Gasteiger partial charge on any atom is -0.466 e. The van der Waals surface area contributed by atoms with Gasteiger partial charge in [0, 0.05) is 43.6 Å². The minimum absolute atomic E-state index is 0.0529. The van der Waals surface area contributed by atoms with Crippen LogP contribution in [0.25, 0.3) is 22.0 Å². The normalized spacial score (nSPS) is 17.5. The average Bonchev–Trinajstić information content (AvgIpc) is 3.24. The van der Waals surface area contributed by atoms with Crippen molar-refractivity contribution in [3.8, 4) is 5.88 Å². The standard InChI is InChI=1S/C23H20FN5O4/c24-13-8-17-22(26-10-13)32-12-19(30)29(17)15-3-6-28(7-4-15)11-14-9-16-20(27-14)21-18(33-23(16)31)2-1-5-25-21/h1-2,5,8-10,15,27H,3-4,6-7,11-12H2. The Hall–Kier alpha value is -3.79. The van der Waals surface area contributed by atoms with Crippen LogP contribution in [0.15, 0.2) is 45.9 Å². The Bertz CT molecular complexity index is 1440. The molecule has 1 fully saturated rings. The van der Waals surface area contributed by atoms with Gasteiger partial charge in [0.15, 0.2) is 12.2 Å². The summed E-state index contributed by atoms with van der Waals surface area (Å²) in [4.78, 5) is 40.5. The summed E-state index contributed by atoms with van der Waals surface area (Å²) in [5, 5.41) is 0.483. The van der Waals surface area contributed by atoms with Crippen molar-refractivity contribution in [2.24, 2.45) is 0 Å². The first-order valence-corrected chi connectivity index (χ1v) is 10.8. The highest BCUT2D eigenvalue weighted by Crippen LogP contribution is 2.34. The lowest BCUT2D eigenvalue weighted by Gasteiger charge is -2.40. The highest BCUT2D eigenvalue weighted by molar-refractivity contribution is 5.99. The second-order valence-corrected chi connectivity index (χ2v) is 8.36. The minimum atomic E-state index is -0.500. The molecule has 4 aromatic heterocycles. The zero-order valence-electron chi connectivity index (χ0n) is 17.6. The monoisotopic (exact) mass is 449 g/mol. The van der Waals surface area contributed by atoms with Crippen LogP contribution in [-0.4, -0.2) is 51.5 Å². The Morgan fingerprint density at radius 3 is 2.88 bits per heavy atom. The van der Waals surface area contributed by atoms with E-state index in [1.807, 2.05) is 6.07 Å². The van der Waals surface area contributed by atoms with Gasteiger partial charge in [-0.3, -0.25) is 14.7 Å². The van der Waals surface area contributed by atoms with Crippen LogP contribution in [0.2, 0.25) is 0 Å². The van der Waals surface area contributed by atoms with Gasteiger partial charge >= 0.3 is 5.63 Å². The number of hydrogen-bond acceptors (Lipinski definition) is 7. The molecule has 33 heavy (non-hydrogen) atoms. The van der Waals surface area contributed by atoms with E-state index in [-0.39, 0.29) is 24.4 Å². The van der Waals surface area contributed by atoms with Crippen LogP contribution in [-0.2, 0) is 11.3 Å². The SMILES string of the molecule is O=C1COc2ncc(F)cc2N1C1CCN(Cc2cc3c(=O)oc4cccnc4c3[nH]2)CC1. The summed E-state index contributed by atoms with van der Waals surface area (Å²) in [5.74, 6) is -0.397. The number of piperidine rings is 1. The number of carbonyl (C=O) groups is 1. The molecule has 0 atom stereocenters. The van der Waals surface area contributed by atoms with E-state index in [0.717, 1.165) is 37.8 Å². The zero-order chi connectivity index (χ0) is 22.5. The lowest BCUT2D eigenvalue weighted by atomic mass is 10.0. The summed E-state index contributed by atoms with van der Waals surface area (Å²) in [7, 11) is 0. The number of rotatable bonds is 3. The van der Waals surface area contributed by atoms with Gasteiger partial charge < -0.3 is 19.0 Å².